The summed E-state index contributed by atoms with van der Waals surface area (Å²) in [5.41, 5.74) is 6.89. The number of aromatic nitrogens is 3. The van der Waals surface area contributed by atoms with Gasteiger partial charge in [-0.25, -0.2) is 9.97 Å². The largest absolute Gasteiger partial charge is 0.416 e. The molecule has 1 amide bonds. The highest BCUT2D eigenvalue weighted by Gasteiger charge is 2.30. The van der Waals surface area contributed by atoms with Gasteiger partial charge in [0.15, 0.2) is 10.8 Å². The van der Waals surface area contributed by atoms with E-state index in [0.717, 1.165) is 12.1 Å². The Bertz CT molecular complexity index is 1170. The number of hydrogen-bond donors (Lipinski definition) is 3. The van der Waals surface area contributed by atoms with E-state index in [1.807, 2.05) is 0 Å². The van der Waals surface area contributed by atoms with Crippen LogP contribution in [-0.4, -0.2) is 20.9 Å². The zero-order valence-electron chi connectivity index (χ0n) is 15.2. The third-order valence-electron chi connectivity index (χ3n) is 4.26. The minimum atomic E-state index is -4.45. The molecule has 4 N–H and O–H groups in total. The molecule has 4 aromatic rings. The summed E-state index contributed by atoms with van der Waals surface area (Å²) in [7, 11) is 0. The van der Waals surface area contributed by atoms with Crippen molar-refractivity contribution in [2.24, 2.45) is 0 Å². The maximum absolute atomic E-state index is 12.9. The van der Waals surface area contributed by atoms with Crippen LogP contribution in [0.4, 0.5) is 24.0 Å². The molecular weight excluding hydrogens is 415 g/mol. The first kappa shape index (κ1) is 19.6. The summed E-state index contributed by atoms with van der Waals surface area (Å²) in [6.07, 6.45) is -2.91. The van der Waals surface area contributed by atoms with Crippen LogP contribution >= 0.6 is 11.3 Å². The fourth-order valence-corrected chi connectivity index (χ4v) is 3.32. The van der Waals surface area contributed by atoms with E-state index in [9.17, 15) is 18.0 Å². The molecule has 152 valence electrons. The first-order chi connectivity index (χ1) is 14.3. The van der Waals surface area contributed by atoms with Gasteiger partial charge in [0, 0.05) is 28.4 Å². The third-order valence-corrected chi connectivity index (χ3v) is 4.95. The van der Waals surface area contributed by atoms with Crippen LogP contribution in [0.2, 0.25) is 0 Å². The summed E-state index contributed by atoms with van der Waals surface area (Å²) in [6, 6.07) is 11.3. The number of rotatable bonds is 4. The molecule has 30 heavy (non-hydrogen) atoms. The van der Waals surface area contributed by atoms with Crippen molar-refractivity contribution in [1.82, 2.24) is 15.0 Å². The molecule has 2 heterocycles. The van der Waals surface area contributed by atoms with Gasteiger partial charge in [0.05, 0.1) is 11.3 Å². The van der Waals surface area contributed by atoms with Crippen LogP contribution in [0.15, 0.2) is 60.1 Å². The zero-order chi connectivity index (χ0) is 21.3. The summed E-state index contributed by atoms with van der Waals surface area (Å²) in [6.45, 7) is 0. The van der Waals surface area contributed by atoms with Gasteiger partial charge >= 0.3 is 6.18 Å². The van der Waals surface area contributed by atoms with E-state index in [4.69, 9.17) is 5.73 Å². The monoisotopic (exact) mass is 429 g/mol. The number of nitrogens with zero attached hydrogens (tertiary/aromatic N) is 2. The molecule has 0 aliphatic carbocycles. The molecule has 0 spiro atoms. The Hall–Kier alpha value is -3.66. The maximum Gasteiger partial charge on any atom is 0.416 e. The van der Waals surface area contributed by atoms with E-state index in [-0.39, 0.29) is 5.69 Å². The highest BCUT2D eigenvalue weighted by Crippen LogP contribution is 2.32. The number of aromatic amines is 1. The Morgan fingerprint density at radius 3 is 2.30 bits per heavy atom. The van der Waals surface area contributed by atoms with Crippen LogP contribution in [0.25, 0.3) is 22.6 Å². The molecule has 0 saturated carbocycles. The summed E-state index contributed by atoms with van der Waals surface area (Å²) in [5.74, 6) is -0.146. The molecule has 0 saturated heterocycles. The number of H-pyrrole nitrogens is 1. The lowest BCUT2D eigenvalue weighted by Gasteiger charge is -2.08. The van der Waals surface area contributed by atoms with Crippen molar-refractivity contribution in [3.63, 3.8) is 0 Å². The molecule has 6 nitrogen and oxygen atoms in total. The first-order valence-electron chi connectivity index (χ1n) is 8.65. The number of benzene rings is 2. The number of halogens is 3. The average molecular weight is 429 g/mol. The van der Waals surface area contributed by atoms with E-state index < -0.39 is 17.6 Å². The topological polar surface area (TPSA) is 96.7 Å². The standard InChI is InChI=1S/C20H14F3N5OS/c21-20(22,23)13-5-1-11(2-6-13)15-16(18(29)28-19-25-9-10-30-19)27-17(26-15)12-3-7-14(24)8-4-12/h1-10H,24H2,(H,26,27)(H,25,28,29). The number of nitrogens with one attached hydrogen (secondary N) is 2. The Balaban J connectivity index is 1.76. The van der Waals surface area contributed by atoms with Gasteiger partial charge in [0.2, 0.25) is 0 Å². The van der Waals surface area contributed by atoms with Gasteiger partial charge in [-0.2, -0.15) is 13.2 Å². The number of hydrogen-bond acceptors (Lipinski definition) is 5. The molecule has 4 rings (SSSR count). The third kappa shape index (κ3) is 4.03. The van der Waals surface area contributed by atoms with Gasteiger partial charge in [0.25, 0.3) is 5.91 Å². The van der Waals surface area contributed by atoms with E-state index >= 15 is 0 Å². The molecule has 0 fully saturated rings. The summed E-state index contributed by atoms with van der Waals surface area (Å²) in [4.78, 5) is 24.2. The lowest BCUT2D eigenvalue weighted by molar-refractivity contribution is -0.137. The molecule has 10 heteroatoms. The Morgan fingerprint density at radius 2 is 1.70 bits per heavy atom. The van der Waals surface area contributed by atoms with Crippen molar-refractivity contribution in [2.45, 2.75) is 6.18 Å². The van der Waals surface area contributed by atoms with Crippen molar-refractivity contribution < 1.29 is 18.0 Å². The van der Waals surface area contributed by atoms with Crippen molar-refractivity contribution >= 4 is 28.1 Å². The smallest absolute Gasteiger partial charge is 0.399 e. The number of nitrogen functional groups attached to an aromatic ring is 1. The van der Waals surface area contributed by atoms with Gasteiger partial charge in [-0.15, -0.1) is 11.3 Å². The fourth-order valence-electron chi connectivity index (χ4n) is 2.79. The number of imidazole rings is 1. The second-order valence-corrected chi connectivity index (χ2v) is 7.19. The van der Waals surface area contributed by atoms with Crippen molar-refractivity contribution in [3.8, 4) is 22.6 Å². The number of carbonyl (C=O) groups is 1. The molecular formula is C20H14F3N5OS. The van der Waals surface area contributed by atoms with E-state index in [1.54, 1.807) is 35.8 Å². The van der Waals surface area contributed by atoms with Crippen LogP contribution < -0.4 is 11.1 Å². The highest BCUT2D eigenvalue weighted by atomic mass is 32.1. The van der Waals surface area contributed by atoms with Crippen molar-refractivity contribution in [3.05, 3.63) is 71.4 Å². The van der Waals surface area contributed by atoms with Gasteiger partial charge in [-0.3, -0.25) is 10.1 Å². The summed E-state index contributed by atoms with van der Waals surface area (Å²) >= 11 is 1.24. The molecule has 0 aliphatic heterocycles. The quantitative estimate of drug-likeness (QED) is 0.395. The summed E-state index contributed by atoms with van der Waals surface area (Å²) < 4.78 is 38.7. The predicted octanol–water partition coefficient (Wildman–Crippen LogP) is 5.05. The fraction of sp³-hybridized carbons (Fsp3) is 0.0500. The highest BCUT2D eigenvalue weighted by molar-refractivity contribution is 7.13. The van der Waals surface area contributed by atoms with E-state index in [2.05, 4.69) is 20.3 Å². The first-order valence-corrected chi connectivity index (χ1v) is 9.53. The number of alkyl halides is 3. The Morgan fingerprint density at radius 1 is 1.03 bits per heavy atom. The van der Waals surface area contributed by atoms with Crippen molar-refractivity contribution in [1.29, 1.82) is 0 Å². The van der Waals surface area contributed by atoms with Gasteiger partial charge in [-0.1, -0.05) is 12.1 Å². The number of carbonyl (C=O) groups excluding carboxylic acids is 1. The number of anilines is 2. The van der Waals surface area contributed by atoms with Crippen LogP contribution in [0.1, 0.15) is 16.1 Å². The molecule has 0 bridgehead atoms. The van der Waals surface area contributed by atoms with Crippen LogP contribution in [0.5, 0.6) is 0 Å². The number of thiazole rings is 1. The lowest BCUT2D eigenvalue weighted by Crippen LogP contribution is -2.13. The minimum absolute atomic E-state index is 0.0387. The van der Waals surface area contributed by atoms with E-state index in [1.165, 1.54) is 23.5 Å². The molecule has 0 radical (unpaired) electrons. The van der Waals surface area contributed by atoms with Gasteiger partial charge < -0.3 is 10.7 Å². The van der Waals surface area contributed by atoms with Gasteiger partial charge in [0.1, 0.15) is 5.82 Å². The Labute approximate surface area is 172 Å². The average Bonchev–Trinajstić information content (AvgIpc) is 3.38. The van der Waals surface area contributed by atoms with Crippen LogP contribution in [-0.2, 0) is 6.18 Å². The molecule has 2 aromatic carbocycles. The Kier molecular flexibility index (Phi) is 5.00. The molecule has 0 unspecified atom stereocenters. The SMILES string of the molecule is Nc1ccc(-c2nc(C(=O)Nc3nccs3)c(-c3ccc(C(F)(F)F)cc3)[nH]2)cc1. The summed E-state index contributed by atoms with van der Waals surface area (Å²) in [5, 5.41) is 4.73. The maximum atomic E-state index is 12.9. The van der Waals surface area contributed by atoms with Gasteiger partial charge in [-0.05, 0) is 36.4 Å². The zero-order valence-corrected chi connectivity index (χ0v) is 16.0. The predicted molar refractivity (Wildman–Crippen MR) is 109 cm³/mol. The molecule has 2 aromatic heterocycles. The van der Waals surface area contributed by atoms with E-state index in [0.29, 0.717) is 33.5 Å². The molecule has 0 aliphatic rings. The number of amides is 1. The molecule has 0 atom stereocenters. The van der Waals surface area contributed by atoms with Crippen LogP contribution in [0.3, 0.4) is 0 Å². The second-order valence-electron chi connectivity index (χ2n) is 6.30. The van der Waals surface area contributed by atoms with Crippen LogP contribution in [0, 0.1) is 0 Å². The lowest BCUT2D eigenvalue weighted by atomic mass is 10.1. The van der Waals surface area contributed by atoms with Crippen molar-refractivity contribution in [2.75, 3.05) is 11.1 Å². The normalized spacial score (nSPS) is 11.4. The second kappa shape index (κ2) is 7.64. The minimum Gasteiger partial charge on any atom is -0.399 e. The number of nitrogens with two attached hydrogens (primary N) is 1.